The number of aliphatic hydroxyl groups excluding tert-OH is 1. The van der Waals surface area contributed by atoms with Crippen molar-refractivity contribution in [2.75, 3.05) is 0 Å². The van der Waals surface area contributed by atoms with E-state index in [2.05, 4.69) is 79.7 Å². The van der Waals surface area contributed by atoms with Gasteiger partial charge in [0.15, 0.2) is 17.3 Å². The molecule has 0 saturated heterocycles. The van der Waals surface area contributed by atoms with Crippen molar-refractivity contribution in [1.29, 1.82) is 0 Å². The first-order valence-corrected chi connectivity index (χ1v) is 17.5. The Bertz CT molecular complexity index is 1500. The molecule has 13 atom stereocenters. The number of carbonyl (C=O) groups excluding carboxylic acids is 3. The van der Waals surface area contributed by atoms with E-state index in [0.29, 0.717) is 46.6 Å². The molecule has 0 unspecified atom stereocenters. The molecule has 0 aromatic carbocycles. The molecule has 243 valence electrons. The van der Waals surface area contributed by atoms with E-state index in [4.69, 9.17) is 0 Å². The van der Waals surface area contributed by atoms with Crippen molar-refractivity contribution in [2.24, 2.45) is 80.8 Å². The van der Waals surface area contributed by atoms with Gasteiger partial charge in [-0.1, -0.05) is 77.0 Å². The normalized spacial score (nSPS) is 48.2. The van der Waals surface area contributed by atoms with Gasteiger partial charge >= 0.3 is 29.6 Å². The van der Waals surface area contributed by atoms with Crippen LogP contribution in [-0.4, -0.2) is 37.0 Å². The van der Waals surface area contributed by atoms with Crippen LogP contribution in [0, 0.1) is 80.8 Å². The molecule has 1 N–H and O–H groups in total. The van der Waals surface area contributed by atoms with Crippen molar-refractivity contribution in [3.63, 3.8) is 0 Å². The van der Waals surface area contributed by atoms with E-state index in [1.165, 1.54) is 11.1 Å². The summed E-state index contributed by atoms with van der Waals surface area (Å²) in [5, 5.41) is 10.7. The summed E-state index contributed by atoms with van der Waals surface area (Å²) in [4.78, 5) is 39.9. The number of ketones is 3. The van der Waals surface area contributed by atoms with Crippen LogP contribution >= 0.6 is 0 Å². The molecule has 6 heteroatoms. The van der Waals surface area contributed by atoms with Gasteiger partial charge in [0.25, 0.3) is 0 Å². The molecule has 4 nitrogen and oxygen atoms in total. The van der Waals surface area contributed by atoms with E-state index in [9.17, 15) is 19.5 Å². The maximum Gasteiger partial charge on any atom is 1.00 e. The molecule has 4 saturated carbocycles. The third kappa shape index (κ3) is 4.56. The summed E-state index contributed by atoms with van der Waals surface area (Å²) in [6, 6.07) is 0. The van der Waals surface area contributed by atoms with Gasteiger partial charge in [0.2, 0.25) is 0 Å². The Balaban J connectivity index is 0.000000200. The van der Waals surface area contributed by atoms with Crippen LogP contribution in [0.2, 0.25) is 0 Å². The molecular weight excluding hydrogens is 578 g/mol. The summed E-state index contributed by atoms with van der Waals surface area (Å²) >= 11 is 0. The topological polar surface area (TPSA) is 71.4 Å². The minimum absolute atomic E-state index is 0. The zero-order valence-corrected chi connectivity index (χ0v) is 32.2. The van der Waals surface area contributed by atoms with Gasteiger partial charge in [0.05, 0.1) is 16.9 Å². The van der Waals surface area contributed by atoms with Crippen LogP contribution in [0.5, 0.6) is 0 Å². The predicted molar refractivity (Wildman–Crippen MR) is 180 cm³/mol. The Hall–Kier alpha value is -1.01. The van der Waals surface area contributed by atoms with Gasteiger partial charge in [-0.3, -0.25) is 14.4 Å². The predicted octanol–water partition coefficient (Wildman–Crippen LogP) is 4.46. The molecule has 2 spiro atoms. The van der Waals surface area contributed by atoms with Gasteiger partial charge in [0.1, 0.15) is 0 Å². The molecule has 3 radical (unpaired) electrons. The fraction of sp³-hybridized carbons (Fsp3) is 0.725. The number of hydrogen-bond donors (Lipinski definition) is 1. The second kappa shape index (κ2) is 11.3. The molecule has 0 heterocycles. The van der Waals surface area contributed by atoms with Gasteiger partial charge in [-0.15, -0.1) is 0 Å². The van der Waals surface area contributed by atoms with Crippen molar-refractivity contribution in [1.82, 2.24) is 0 Å². The van der Waals surface area contributed by atoms with Crippen LogP contribution in [0.3, 0.4) is 0 Å². The van der Waals surface area contributed by atoms with Gasteiger partial charge in [-0.25, -0.2) is 0 Å². The van der Waals surface area contributed by atoms with E-state index < -0.39 is 16.9 Å². The first-order valence-electron chi connectivity index (χ1n) is 17.5. The van der Waals surface area contributed by atoms with Crippen LogP contribution in [0.4, 0.5) is 0 Å². The standard InChI is InChI=1S/C20H28O2.C20H26O2.B.Na.H/c2*1-10-6-13-16-14(19(16,4)5)8-12(3)20(18(13)22)9-11(2)17(21)15(20)7-10;;;/h6,9,12-17,21H,7-8H2,1-5H3;6,9,12-16H,7-8H2,1-5H3;;;/q;;;+1;-1/t12-,13+,14-,15-,16+,17-,20-;12-,13+,14-,15-,16+,20-;;;/m11.../s1. The first-order chi connectivity index (χ1) is 20.4. The third-order valence-corrected chi connectivity index (χ3v) is 15.0. The molecule has 8 aliphatic rings. The minimum atomic E-state index is -0.524. The summed E-state index contributed by atoms with van der Waals surface area (Å²) < 4.78 is 0. The summed E-state index contributed by atoms with van der Waals surface area (Å²) in [7, 11) is 0. The van der Waals surface area contributed by atoms with Crippen LogP contribution in [-0.2, 0) is 14.4 Å². The number of Topliss-reactive ketones (excluding diaryl/α,β-unsaturated/α-hetero) is 3. The Morgan fingerprint density at radius 3 is 1.70 bits per heavy atom. The Labute approximate surface area is 303 Å². The molecule has 0 aliphatic heterocycles. The SMILES string of the molecule is CC1=C[C@@H]2C(=O)[C@]3(C=C(C)C(=O)[C@H]3C1)[C@H](C)C[C@@H]1[C@H]2C1(C)C.CC1=C[C@@H]2C(=O)[C@]3(C=C(C)[C@@H](O)[C@H]3C1)[C@H](C)C[C@@H]1[C@H]2C1(C)C.[B].[H-].[Na+]. The average molecular weight is 634 g/mol. The Kier molecular flexibility index (Phi) is 8.88. The summed E-state index contributed by atoms with van der Waals surface area (Å²) in [5.41, 5.74) is 3.97. The smallest absolute Gasteiger partial charge is 1.00 e. The molecule has 4 fully saturated rings. The second-order valence-electron chi connectivity index (χ2n) is 17.9. The maximum absolute atomic E-state index is 13.6. The quantitative estimate of drug-likeness (QED) is 0.316. The second-order valence-corrected chi connectivity index (χ2v) is 17.9. The molecule has 4 bridgehead atoms. The summed E-state index contributed by atoms with van der Waals surface area (Å²) in [5.74, 6) is 3.79. The number of carbonyl (C=O) groups is 3. The van der Waals surface area contributed by atoms with Crippen LogP contribution in [0.25, 0.3) is 0 Å². The number of aliphatic hydroxyl groups is 1. The van der Waals surface area contributed by atoms with Crippen LogP contribution in [0.1, 0.15) is 96.3 Å². The van der Waals surface area contributed by atoms with E-state index in [1.54, 1.807) is 0 Å². The molecule has 0 amide bonds. The molecule has 0 aromatic rings. The van der Waals surface area contributed by atoms with Crippen molar-refractivity contribution in [3.8, 4) is 0 Å². The number of allylic oxidation sites excluding steroid dienone is 7. The van der Waals surface area contributed by atoms with Crippen molar-refractivity contribution in [3.05, 3.63) is 46.6 Å². The first kappa shape index (κ1) is 36.3. The molecule has 8 rings (SSSR count). The van der Waals surface area contributed by atoms with E-state index >= 15 is 0 Å². The van der Waals surface area contributed by atoms with Crippen LogP contribution in [0.15, 0.2) is 46.6 Å². The van der Waals surface area contributed by atoms with Crippen molar-refractivity contribution < 1.29 is 50.5 Å². The number of hydrogen-bond acceptors (Lipinski definition) is 4. The van der Waals surface area contributed by atoms with Crippen molar-refractivity contribution >= 4 is 25.8 Å². The van der Waals surface area contributed by atoms with Gasteiger partial charge in [0, 0.05) is 32.1 Å². The minimum Gasteiger partial charge on any atom is -1.00 e. The van der Waals surface area contributed by atoms with Gasteiger partial charge in [-0.2, -0.15) is 0 Å². The van der Waals surface area contributed by atoms with E-state index in [0.717, 1.165) is 36.8 Å². The third-order valence-electron chi connectivity index (χ3n) is 15.0. The van der Waals surface area contributed by atoms with Crippen LogP contribution < -0.4 is 29.6 Å². The average Bonchev–Trinajstić information content (AvgIpc) is 3.65. The number of rotatable bonds is 0. The van der Waals surface area contributed by atoms with E-state index in [-0.39, 0.29) is 80.2 Å². The fourth-order valence-electron chi connectivity index (χ4n) is 12.4. The summed E-state index contributed by atoms with van der Waals surface area (Å²) in [6.45, 7) is 21.9. The van der Waals surface area contributed by atoms with Crippen molar-refractivity contribution in [2.45, 2.75) is 101 Å². The largest absolute Gasteiger partial charge is 1.00 e. The number of fused-ring (bicyclic) bond motifs is 6. The van der Waals surface area contributed by atoms with Gasteiger partial charge < -0.3 is 6.53 Å². The van der Waals surface area contributed by atoms with E-state index in [1.807, 2.05) is 13.8 Å². The molecule has 8 aliphatic carbocycles. The fourth-order valence-corrected chi connectivity index (χ4v) is 12.4. The maximum atomic E-state index is 13.6. The molecule has 46 heavy (non-hydrogen) atoms. The monoisotopic (exact) mass is 633 g/mol. The summed E-state index contributed by atoms with van der Waals surface area (Å²) in [6.07, 6.45) is 12.1. The Morgan fingerprint density at radius 1 is 0.717 bits per heavy atom. The zero-order chi connectivity index (χ0) is 32.0. The molecule has 0 aromatic heterocycles. The molecular formula is C40H55BNaO4. The van der Waals surface area contributed by atoms with Gasteiger partial charge in [-0.05, 0) is 111 Å². The Morgan fingerprint density at radius 2 is 1.17 bits per heavy atom. The zero-order valence-electron chi connectivity index (χ0n) is 31.2.